The van der Waals surface area contributed by atoms with Crippen molar-refractivity contribution in [2.75, 3.05) is 7.11 Å². The lowest BCUT2D eigenvalue weighted by molar-refractivity contribution is 0.416. The van der Waals surface area contributed by atoms with Crippen LogP contribution in [0.25, 0.3) is 0 Å². The van der Waals surface area contributed by atoms with E-state index in [9.17, 15) is 0 Å². The maximum Gasteiger partial charge on any atom is 0.178 e. The van der Waals surface area contributed by atoms with Gasteiger partial charge in [0.2, 0.25) is 0 Å². The molecule has 0 aliphatic carbocycles. The number of aliphatic imine (C=N–C) groups is 1. The summed E-state index contributed by atoms with van der Waals surface area (Å²) in [6.07, 6.45) is 1.63. The summed E-state index contributed by atoms with van der Waals surface area (Å²) in [5.74, 6) is 1.32. The minimum atomic E-state index is 0.609. The third-order valence-electron chi connectivity index (χ3n) is 2.14. The normalized spacial score (nSPS) is 11.1. The number of hydrogen-bond acceptors (Lipinski definition) is 3. The van der Waals surface area contributed by atoms with Gasteiger partial charge in [-0.25, -0.2) is 4.99 Å². The van der Waals surface area contributed by atoms with Crippen molar-refractivity contribution >= 4 is 62.0 Å². The average Bonchev–Trinajstić information content (AvgIpc) is 2.66. The van der Waals surface area contributed by atoms with Gasteiger partial charge in [-0.15, -0.1) is 0 Å². The third kappa shape index (κ3) is 3.27. The van der Waals surface area contributed by atoms with Gasteiger partial charge in [0.1, 0.15) is 17.2 Å². The molecule has 94 valence electrons. The summed E-state index contributed by atoms with van der Waals surface area (Å²) in [6.45, 7) is 0. The van der Waals surface area contributed by atoms with Gasteiger partial charge in [-0.05, 0) is 34.1 Å². The second-order valence-electron chi connectivity index (χ2n) is 3.34. The molecule has 0 spiro atoms. The Hall–Kier alpha value is -0.530. The number of rotatable bonds is 3. The highest BCUT2D eigenvalue weighted by atomic mass is 127. The van der Waals surface area contributed by atoms with Crippen molar-refractivity contribution in [3.63, 3.8) is 0 Å². The van der Waals surface area contributed by atoms with E-state index in [2.05, 4.69) is 43.5 Å². The van der Waals surface area contributed by atoms with E-state index in [-0.39, 0.29) is 0 Å². The number of ether oxygens (including phenoxy) is 1. The highest BCUT2D eigenvalue weighted by Gasteiger charge is 2.05. The van der Waals surface area contributed by atoms with Crippen molar-refractivity contribution in [1.29, 1.82) is 0 Å². The van der Waals surface area contributed by atoms with E-state index in [1.807, 2.05) is 6.07 Å². The van der Waals surface area contributed by atoms with Crippen LogP contribution in [0.2, 0.25) is 5.02 Å². The van der Waals surface area contributed by atoms with E-state index in [0.29, 0.717) is 22.2 Å². The molecular weight excluding hydrogens is 432 g/mol. The Morgan fingerprint density at radius 2 is 2.22 bits per heavy atom. The van der Waals surface area contributed by atoms with Gasteiger partial charge in [-0.2, -0.15) is 0 Å². The monoisotopic (exact) mass is 439 g/mol. The topological polar surface area (TPSA) is 34.7 Å². The lowest BCUT2D eigenvalue weighted by atomic mass is 10.3. The van der Waals surface area contributed by atoms with E-state index < -0.39 is 0 Å². The van der Waals surface area contributed by atoms with E-state index in [1.54, 1.807) is 31.5 Å². The van der Waals surface area contributed by atoms with Gasteiger partial charge in [0.25, 0.3) is 0 Å². The molecule has 1 heterocycles. The van der Waals surface area contributed by atoms with Gasteiger partial charge in [-0.3, -0.25) is 0 Å². The highest BCUT2D eigenvalue weighted by Crippen LogP contribution is 2.30. The molecule has 1 aromatic heterocycles. The van der Waals surface area contributed by atoms with Crippen molar-refractivity contribution in [1.82, 2.24) is 0 Å². The standard InChI is InChI=1S/C12H8BrClINO2/c1-17-11-3-2-7(14)4-10(11)16-6-8-5-9(13)12(15)18-8/h2-6H,1H3. The van der Waals surface area contributed by atoms with Crippen molar-refractivity contribution in [2.45, 2.75) is 0 Å². The first-order valence-corrected chi connectivity index (χ1v) is 7.17. The van der Waals surface area contributed by atoms with Gasteiger partial charge >= 0.3 is 0 Å². The lowest BCUT2D eigenvalue weighted by Crippen LogP contribution is -1.83. The van der Waals surface area contributed by atoms with Crippen LogP contribution in [0.15, 0.2) is 38.1 Å². The van der Waals surface area contributed by atoms with Gasteiger partial charge in [0, 0.05) is 33.7 Å². The molecule has 3 nitrogen and oxygen atoms in total. The number of furan rings is 1. The molecule has 0 aliphatic rings. The van der Waals surface area contributed by atoms with Crippen molar-refractivity contribution < 1.29 is 9.15 Å². The third-order valence-corrected chi connectivity index (χ3v) is 4.50. The second kappa shape index (κ2) is 6.08. The minimum absolute atomic E-state index is 0.609. The fourth-order valence-corrected chi connectivity index (χ4v) is 2.21. The van der Waals surface area contributed by atoms with E-state index in [1.165, 1.54) is 0 Å². The van der Waals surface area contributed by atoms with Gasteiger partial charge in [-0.1, -0.05) is 11.6 Å². The lowest BCUT2D eigenvalue weighted by Gasteiger charge is -2.03. The molecule has 0 amide bonds. The summed E-state index contributed by atoms with van der Waals surface area (Å²) in [4.78, 5) is 4.31. The minimum Gasteiger partial charge on any atom is -0.494 e. The van der Waals surface area contributed by atoms with Crippen LogP contribution in [0.1, 0.15) is 5.76 Å². The maximum absolute atomic E-state index is 5.92. The zero-order valence-electron chi connectivity index (χ0n) is 9.28. The predicted octanol–water partition coefficient (Wildman–Crippen LogP) is 5.06. The van der Waals surface area contributed by atoms with Crippen LogP contribution >= 0.6 is 50.1 Å². The van der Waals surface area contributed by atoms with Crippen LogP contribution in [0.5, 0.6) is 5.75 Å². The molecule has 0 unspecified atom stereocenters. The maximum atomic E-state index is 5.92. The molecule has 2 rings (SSSR count). The smallest absolute Gasteiger partial charge is 0.178 e. The average molecular weight is 440 g/mol. The first kappa shape index (κ1) is 13.9. The van der Waals surface area contributed by atoms with Gasteiger partial charge in [0.05, 0.1) is 17.8 Å². The number of halogens is 3. The summed E-state index contributed by atoms with van der Waals surface area (Å²) in [5.41, 5.74) is 0.660. The first-order chi connectivity index (χ1) is 8.60. The Balaban J connectivity index is 2.30. The van der Waals surface area contributed by atoms with Crippen LogP contribution < -0.4 is 4.74 Å². The van der Waals surface area contributed by atoms with Crippen LogP contribution in [-0.2, 0) is 0 Å². The molecule has 0 N–H and O–H groups in total. The van der Waals surface area contributed by atoms with E-state index >= 15 is 0 Å². The number of methoxy groups -OCH3 is 1. The molecule has 2 aromatic rings. The molecule has 0 atom stereocenters. The molecule has 1 aromatic carbocycles. The van der Waals surface area contributed by atoms with Gasteiger partial charge < -0.3 is 9.15 Å². The fourth-order valence-electron chi connectivity index (χ4n) is 1.32. The van der Waals surface area contributed by atoms with Crippen LogP contribution in [0.4, 0.5) is 5.69 Å². The summed E-state index contributed by atoms with van der Waals surface area (Å²) in [6, 6.07) is 7.12. The molecule has 0 saturated heterocycles. The number of nitrogens with zero attached hydrogens (tertiary/aromatic N) is 1. The Labute approximate surface area is 131 Å². The SMILES string of the molecule is COc1ccc(Cl)cc1N=Cc1cc(Br)c(I)o1. The zero-order valence-corrected chi connectivity index (χ0v) is 13.8. The van der Waals surface area contributed by atoms with E-state index in [0.717, 1.165) is 8.24 Å². The molecule has 0 aliphatic heterocycles. The molecule has 0 fully saturated rings. The Kier molecular flexibility index (Phi) is 4.69. The van der Waals surface area contributed by atoms with Gasteiger partial charge in [0.15, 0.2) is 3.77 Å². The quantitative estimate of drug-likeness (QED) is 0.494. The molecular formula is C12H8BrClINO2. The number of benzene rings is 1. The van der Waals surface area contributed by atoms with Crippen molar-refractivity contribution in [3.8, 4) is 5.75 Å². The second-order valence-corrected chi connectivity index (χ2v) is 5.62. The fraction of sp³-hybridized carbons (Fsp3) is 0.0833. The van der Waals surface area contributed by atoms with Crippen molar-refractivity contribution in [2.24, 2.45) is 4.99 Å². The number of hydrogen-bond donors (Lipinski definition) is 0. The largest absolute Gasteiger partial charge is 0.494 e. The summed E-state index contributed by atoms with van der Waals surface area (Å²) < 4.78 is 12.3. The van der Waals surface area contributed by atoms with Crippen LogP contribution in [0.3, 0.4) is 0 Å². The first-order valence-electron chi connectivity index (χ1n) is 4.92. The Morgan fingerprint density at radius 3 is 2.83 bits per heavy atom. The molecule has 18 heavy (non-hydrogen) atoms. The summed E-state index contributed by atoms with van der Waals surface area (Å²) in [7, 11) is 1.59. The Bertz CT molecular complexity index is 578. The summed E-state index contributed by atoms with van der Waals surface area (Å²) in [5, 5.41) is 0.609. The highest BCUT2D eigenvalue weighted by molar-refractivity contribution is 14.1. The zero-order chi connectivity index (χ0) is 13.1. The molecule has 0 bridgehead atoms. The predicted molar refractivity (Wildman–Crippen MR) is 84.4 cm³/mol. The molecule has 0 radical (unpaired) electrons. The van der Waals surface area contributed by atoms with E-state index in [4.69, 9.17) is 20.8 Å². The van der Waals surface area contributed by atoms with Crippen molar-refractivity contribution in [3.05, 3.63) is 43.3 Å². The Morgan fingerprint density at radius 1 is 1.44 bits per heavy atom. The van der Waals surface area contributed by atoms with Crippen LogP contribution in [-0.4, -0.2) is 13.3 Å². The van der Waals surface area contributed by atoms with Crippen LogP contribution in [0, 0.1) is 3.77 Å². The summed E-state index contributed by atoms with van der Waals surface area (Å²) >= 11 is 11.4. The molecule has 6 heteroatoms. The molecule has 0 saturated carbocycles.